The molecule has 1 aromatic carbocycles. The van der Waals surface area contributed by atoms with E-state index < -0.39 is 11.4 Å². The molecular formula is C18H22BrNO4. The van der Waals surface area contributed by atoms with Gasteiger partial charge in [-0.25, -0.2) is 0 Å². The van der Waals surface area contributed by atoms with E-state index in [4.69, 9.17) is 4.74 Å². The van der Waals surface area contributed by atoms with Crippen LogP contribution in [0.3, 0.4) is 0 Å². The van der Waals surface area contributed by atoms with Gasteiger partial charge in [0, 0.05) is 30.6 Å². The molecule has 24 heavy (non-hydrogen) atoms. The lowest BCUT2D eigenvalue weighted by atomic mass is 9.80. The van der Waals surface area contributed by atoms with E-state index in [0.29, 0.717) is 19.4 Å². The standard InChI is InChI=1S/C18H22BrNO4/c1-24-11-18(17(22)23)6-3-7-20(10-18)16(21)15-9-14(15)12-4-2-5-13(19)8-12/h2,4-5,8,14-15H,3,6-7,9-11H2,1H3,(H,22,23). The van der Waals surface area contributed by atoms with Gasteiger partial charge in [-0.2, -0.15) is 0 Å². The molecule has 1 heterocycles. The van der Waals surface area contributed by atoms with Crippen LogP contribution in [0, 0.1) is 11.3 Å². The van der Waals surface area contributed by atoms with Crippen molar-refractivity contribution in [1.82, 2.24) is 4.90 Å². The van der Waals surface area contributed by atoms with Crippen molar-refractivity contribution in [2.24, 2.45) is 11.3 Å². The van der Waals surface area contributed by atoms with Crippen LogP contribution in [0.15, 0.2) is 28.7 Å². The maximum Gasteiger partial charge on any atom is 0.313 e. The Morgan fingerprint density at radius 1 is 1.46 bits per heavy atom. The number of carbonyl (C=O) groups excluding carboxylic acids is 1. The molecule has 130 valence electrons. The number of ether oxygens (including phenoxy) is 1. The summed E-state index contributed by atoms with van der Waals surface area (Å²) in [4.78, 5) is 26.3. The van der Waals surface area contributed by atoms with Crippen LogP contribution in [0.5, 0.6) is 0 Å². The summed E-state index contributed by atoms with van der Waals surface area (Å²) in [6.45, 7) is 1.03. The summed E-state index contributed by atoms with van der Waals surface area (Å²) in [7, 11) is 1.51. The first kappa shape index (κ1) is 17.4. The smallest absolute Gasteiger partial charge is 0.313 e. The summed E-state index contributed by atoms with van der Waals surface area (Å²) in [6.07, 6.45) is 2.10. The van der Waals surface area contributed by atoms with E-state index in [0.717, 1.165) is 10.9 Å². The van der Waals surface area contributed by atoms with E-state index >= 15 is 0 Å². The normalized spacial score (nSPS) is 29.3. The number of carbonyl (C=O) groups is 2. The van der Waals surface area contributed by atoms with Gasteiger partial charge < -0.3 is 14.7 Å². The van der Waals surface area contributed by atoms with Crippen molar-refractivity contribution in [2.45, 2.75) is 25.2 Å². The second-order valence-electron chi connectivity index (χ2n) is 6.89. The number of piperidine rings is 1. The van der Waals surface area contributed by atoms with E-state index in [1.807, 2.05) is 18.2 Å². The second-order valence-corrected chi connectivity index (χ2v) is 7.80. The summed E-state index contributed by atoms with van der Waals surface area (Å²) in [5, 5.41) is 9.61. The highest BCUT2D eigenvalue weighted by Gasteiger charge is 2.50. The highest BCUT2D eigenvalue weighted by atomic mass is 79.9. The number of hydrogen-bond donors (Lipinski definition) is 1. The first-order valence-electron chi connectivity index (χ1n) is 8.23. The van der Waals surface area contributed by atoms with Crippen LogP contribution in [0.1, 0.15) is 30.7 Å². The van der Waals surface area contributed by atoms with Gasteiger partial charge in [-0.05, 0) is 42.9 Å². The predicted octanol–water partition coefficient (Wildman–Crippen LogP) is 2.89. The van der Waals surface area contributed by atoms with Crippen molar-refractivity contribution in [1.29, 1.82) is 0 Å². The number of hydrogen-bond acceptors (Lipinski definition) is 3. The minimum absolute atomic E-state index is 0.0218. The van der Waals surface area contributed by atoms with Gasteiger partial charge in [0.15, 0.2) is 0 Å². The van der Waals surface area contributed by atoms with E-state index in [-0.39, 0.29) is 30.9 Å². The molecule has 1 saturated heterocycles. The number of benzene rings is 1. The van der Waals surface area contributed by atoms with Crippen molar-refractivity contribution in [3.05, 3.63) is 34.3 Å². The zero-order valence-electron chi connectivity index (χ0n) is 13.7. The van der Waals surface area contributed by atoms with E-state index in [1.165, 1.54) is 12.7 Å². The number of likely N-dealkylation sites (tertiary alicyclic amines) is 1. The molecule has 0 radical (unpaired) electrons. The van der Waals surface area contributed by atoms with Gasteiger partial charge in [-0.1, -0.05) is 28.1 Å². The third-order valence-corrected chi connectivity index (χ3v) is 5.64. The maximum atomic E-state index is 12.8. The van der Waals surface area contributed by atoms with Crippen LogP contribution in [0.2, 0.25) is 0 Å². The average Bonchev–Trinajstić information content (AvgIpc) is 3.35. The van der Waals surface area contributed by atoms with Crippen molar-refractivity contribution in [3.63, 3.8) is 0 Å². The first-order chi connectivity index (χ1) is 11.5. The number of amides is 1. The molecule has 1 N–H and O–H groups in total. The summed E-state index contributed by atoms with van der Waals surface area (Å²) in [6, 6.07) is 8.06. The molecule has 3 unspecified atom stereocenters. The lowest BCUT2D eigenvalue weighted by Crippen LogP contribution is -2.52. The van der Waals surface area contributed by atoms with Crippen LogP contribution in [0.25, 0.3) is 0 Å². The highest BCUT2D eigenvalue weighted by Crippen LogP contribution is 2.49. The monoisotopic (exact) mass is 395 g/mol. The van der Waals surface area contributed by atoms with Gasteiger partial charge in [-0.15, -0.1) is 0 Å². The first-order valence-corrected chi connectivity index (χ1v) is 9.03. The SMILES string of the molecule is COCC1(C(=O)O)CCCN(C(=O)C2CC2c2cccc(Br)c2)C1. The quantitative estimate of drug-likeness (QED) is 0.831. The fourth-order valence-electron chi connectivity index (χ4n) is 3.76. The number of rotatable bonds is 5. The fraction of sp³-hybridized carbons (Fsp3) is 0.556. The Morgan fingerprint density at radius 2 is 2.25 bits per heavy atom. The molecule has 2 aliphatic rings. The van der Waals surface area contributed by atoms with Crippen molar-refractivity contribution in [2.75, 3.05) is 26.8 Å². The minimum Gasteiger partial charge on any atom is -0.481 e. The van der Waals surface area contributed by atoms with Gasteiger partial charge in [0.25, 0.3) is 0 Å². The Morgan fingerprint density at radius 3 is 2.92 bits per heavy atom. The summed E-state index contributed by atoms with van der Waals surface area (Å²) in [5.41, 5.74) is 0.198. The largest absolute Gasteiger partial charge is 0.481 e. The summed E-state index contributed by atoms with van der Waals surface area (Å²) in [5.74, 6) is -0.562. The fourth-order valence-corrected chi connectivity index (χ4v) is 4.18. The average molecular weight is 396 g/mol. The molecule has 1 amide bonds. The predicted molar refractivity (Wildman–Crippen MR) is 92.7 cm³/mol. The van der Waals surface area contributed by atoms with E-state index in [9.17, 15) is 14.7 Å². The van der Waals surface area contributed by atoms with Gasteiger partial charge in [0.2, 0.25) is 5.91 Å². The Kier molecular flexibility index (Phi) is 4.97. The Bertz CT molecular complexity index is 646. The number of methoxy groups -OCH3 is 1. The zero-order chi connectivity index (χ0) is 17.3. The Hall–Kier alpha value is -1.40. The summed E-state index contributed by atoms with van der Waals surface area (Å²) < 4.78 is 6.14. The molecule has 6 heteroatoms. The van der Waals surface area contributed by atoms with Gasteiger partial charge >= 0.3 is 5.97 Å². The third-order valence-electron chi connectivity index (χ3n) is 5.15. The molecule has 0 spiro atoms. The van der Waals surface area contributed by atoms with Gasteiger partial charge in [-0.3, -0.25) is 9.59 Å². The third kappa shape index (κ3) is 3.35. The minimum atomic E-state index is -0.969. The number of carboxylic acid groups (broad SMARTS) is 1. The number of aliphatic carboxylic acids is 1. The molecule has 1 aromatic rings. The van der Waals surface area contributed by atoms with Crippen molar-refractivity contribution >= 4 is 27.8 Å². The number of carboxylic acids is 1. The van der Waals surface area contributed by atoms with E-state index in [2.05, 4.69) is 22.0 Å². The topological polar surface area (TPSA) is 66.8 Å². The van der Waals surface area contributed by atoms with Crippen LogP contribution in [-0.2, 0) is 14.3 Å². The zero-order valence-corrected chi connectivity index (χ0v) is 15.3. The molecule has 5 nitrogen and oxygen atoms in total. The number of nitrogens with zero attached hydrogens (tertiary/aromatic N) is 1. The molecule has 3 rings (SSSR count). The molecule has 3 atom stereocenters. The van der Waals surface area contributed by atoms with E-state index in [1.54, 1.807) is 4.90 Å². The molecule has 1 aliphatic heterocycles. The Labute approximate surface area is 150 Å². The van der Waals surface area contributed by atoms with Gasteiger partial charge in [0.1, 0.15) is 5.41 Å². The molecule has 2 fully saturated rings. The summed E-state index contributed by atoms with van der Waals surface area (Å²) >= 11 is 3.47. The number of halogens is 1. The van der Waals surface area contributed by atoms with Crippen molar-refractivity contribution in [3.8, 4) is 0 Å². The molecule has 0 aromatic heterocycles. The molecule has 1 aliphatic carbocycles. The Balaban J connectivity index is 1.69. The molecular weight excluding hydrogens is 374 g/mol. The lowest BCUT2D eigenvalue weighted by molar-refractivity contribution is -0.159. The van der Waals surface area contributed by atoms with Gasteiger partial charge in [0.05, 0.1) is 6.61 Å². The van der Waals surface area contributed by atoms with Crippen molar-refractivity contribution < 1.29 is 19.4 Å². The highest BCUT2D eigenvalue weighted by molar-refractivity contribution is 9.10. The van der Waals surface area contributed by atoms with Crippen LogP contribution in [-0.4, -0.2) is 48.7 Å². The molecule has 1 saturated carbocycles. The van der Waals surface area contributed by atoms with Crippen LogP contribution in [0.4, 0.5) is 0 Å². The maximum absolute atomic E-state index is 12.8. The van der Waals surface area contributed by atoms with Crippen LogP contribution < -0.4 is 0 Å². The lowest BCUT2D eigenvalue weighted by Gasteiger charge is -2.39. The molecule has 0 bridgehead atoms. The van der Waals surface area contributed by atoms with Crippen LogP contribution >= 0.6 is 15.9 Å². The second kappa shape index (κ2) is 6.84.